The van der Waals surface area contributed by atoms with Gasteiger partial charge in [-0.25, -0.2) is 0 Å². The van der Waals surface area contributed by atoms with Crippen molar-refractivity contribution in [3.63, 3.8) is 0 Å². The number of hydrogen-bond acceptors (Lipinski definition) is 1. The van der Waals surface area contributed by atoms with Crippen molar-refractivity contribution in [3.8, 4) is 0 Å². The van der Waals surface area contributed by atoms with Crippen LogP contribution in [-0.4, -0.2) is 0 Å². The molecular formula is C11H10O. The van der Waals surface area contributed by atoms with Crippen LogP contribution in [-0.2, 0) is 0 Å². The highest BCUT2D eigenvalue weighted by atomic mass is 16.3. The second kappa shape index (κ2) is 2.86. The van der Waals surface area contributed by atoms with Crippen LogP contribution in [0.5, 0.6) is 0 Å². The third-order valence-electron chi connectivity index (χ3n) is 1.92. The zero-order valence-electron chi connectivity index (χ0n) is 6.95. The van der Waals surface area contributed by atoms with E-state index in [4.69, 9.17) is 4.42 Å². The van der Waals surface area contributed by atoms with Crippen LogP contribution in [0.4, 0.5) is 0 Å². The van der Waals surface area contributed by atoms with E-state index in [-0.39, 0.29) is 0 Å². The summed E-state index contributed by atoms with van der Waals surface area (Å²) in [5, 5.41) is 0. The van der Waals surface area contributed by atoms with Gasteiger partial charge in [0, 0.05) is 11.1 Å². The molecule has 1 heterocycles. The molecule has 0 N–H and O–H groups in total. The van der Waals surface area contributed by atoms with Crippen LogP contribution in [0.1, 0.15) is 16.9 Å². The molecule has 0 radical (unpaired) electrons. The fourth-order valence-corrected chi connectivity index (χ4v) is 1.26. The Morgan fingerprint density at radius 2 is 1.75 bits per heavy atom. The highest BCUT2D eigenvalue weighted by molar-refractivity contribution is 5.68. The normalized spacial score (nSPS) is 14.1. The van der Waals surface area contributed by atoms with E-state index in [0.717, 1.165) is 11.3 Å². The van der Waals surface area contributed by atoms with Crippen molar-refractivity contribution in [1.29, 1.82) is 0 Å². The molecule has 0 aliphatic heterocycles. The Labute approximate surface area is 71.7 Å². The number of aryl methyl sites for hydroxylation is 1. The van der Waals surface area contributed by atoms with Crippen molar-refractivity contribution < 1.29 is 4.42 Å². The average Bonchev–Trinajstić information content (AvgIpc) is 2.31. The Kier molecular flexibility index (Phi) is 1.71. The van der Waals surface area contributed by atoms with Gasteiger partial charge in [-0.05, 0) is 6.92 Å². The molecule has 0 amide bonds. The summed E-state index contributed by atoms with van der Waals surface area (Å²) >= 11 is 0. The molecule has 1 aliphatic rings. The molecular weight excluding hydrogens is 148 g/mol. The van der Waals surface area contributed by atoms with E-state index in [9.17, 15) is 0 Å². The molecule has 1 aliphatic carbocycles. The quantitative estimate of drug-likeness (QED) is 0.565. The van der Waals surface area contributed by atoms with Crippen LogP contribution in [0, 0.1) is 6.92 Å². The minimum absolute atomic E-state index is 0.973. The maximum absolute atomic E-state index is 5.30. The lowest BCUT2D eigenvalue weighted by atomic mass is 10.1. The molecule has 1 aromatic heterocycles. The molecule has 0 saturated heterocycles. The number of allylic oxidation sites excluding steroid dienone is 4. The minimum Gasteiger partial charge on any atom is -0.468 e. The average molecular weight is 158 g/mol. The van der Waals surface area contributed by atoms with E-state index in [2.05, 4.69) is 6.08 Å². The fraction of sp³-hybridized carbons (Fsp3) is 0.0909. The molecule has 0 saturated carbocycles. The van der Waals surface area contributed by atoms with Crippen molar-refractivity contribution in [2.24, 2.45) is 0 Å². The van der Waals surface area contributed by atoms with E-state index in [1.54, 1.807) is 6.26 Å². The zero-order chi connectivity index (χ0) is 8.39. The van der Waals surface area contributed by atoms with Gasteiger partial charge in [-0.1, -0.05) is 36.5 Å². The van der Waals surface area contributed by atoms with E-state index in [0.29, 0.717) is 0 Å². The van der Waals surface area contributed by atoms with Gasteiger partial charge in [0.2, 0.25) is 0 Å². The van der Waals surface area contributed by atoms with Gasteiger partial charge in [-0.15, -0.1) is 0 Å². The van der Waals surface area contributed by atoms with Crippen molar-refractivity contribution in [2.75, 3.05) is 0 Å². The molecule has 1 heteroatoms. The lowest BCUT2D eigenvalue weighted by Gasteiger charge is -1.93. The van der Waals surface area contributed by atoms with E-state index in [1.807, 2.05) is 37.3 Å². The van der Waals surface area contributed by atoms with Crippen LogP contribution in [0.3, 0.4) is 0 Å². The Hall–Kier alpha value is -1.50. The summed E-state index contributed by atoms with van der Waals surface area (Å²) in [6.07, 6.45) is 13.9. The molecule has 0 fully saturated rings. The second-order valence-electron chi connectivity index (χ2n) is 2.76. The monoisotopic (exact) mass is 158 g/mol. The lowest BCUT2D eigenvalue weighted by Crippen LogP contribution is -1.76. The molecule has 0 unspecified atom stereocenters. The Morgan fingerprint density at radius 1 is 1.00 bits per heavy atom. The first-order chi connectivity index (χ1) is 5.88. The predicted octanol–water partition coefficient (Wildman–Crippen LogP) is 3.18. The van der Waals surface area contributed by atoms with Gasteiger partial charge in [-0.3, -0.25) is 0 Å². The van der Waals surface area contributed by atoms with Gasteiger partial charge in [0.15, 0.2) is 0 Å². The number of fused-ring (bicyclic) bond motifs is 1. The zero-order valence-corrected chi connectivity index (χ0v) is 6.95. The standard InChI is InChI=1S/C11H10O/c1-9-11-7-5-3-2-4-6-10(11)8-12-9/h2-8H,1H3. The molecule has 2 rings (SSSR count). The maximum atomic E-state index is 5.30. The highest BCUT2D eigenvalue weighted by Gasteiger charge is 2.03. The molecule has 0 aromatic carbocycles. The predicted molar refractivity (Wildman–Crippen MR) is 50.7 cm³/mol. The van der Waals surface area contributed by atoms with Gasteiger partial charge >= 0.3 is 0 Å². The summed E-state index contributed by atoms with van der Waals surface area (Å²) in [7, 11) is 0. The molecule has 1 aromatic rings. The molecule has 0 bridgehead atoms. The number of rotatable bonds is 0. The summed E-state index contributed by atoms with van der Waals surface area (Å²) in [6.45, 7) is 1.97. The van der Waals surface area contributed by atoms with Crippen LogP contribution >= 0.6 is 0 Å². The maximum Gasteiger partial charge on any atom is 0.108 e. The first-order valence-electron chi connectivity index (χ1n) is 3.97. The first kappa shape index (κ1) is 7.17. The van der Waals surface area contributed by atoms with Gasteiger partial charge in [0.25, 0.3) is 0 Å². The van der Waals surface area contributed by atoms with Gasteiger partial charge < -0.3 is 4.42 Å². The first-order valence-corrected chi connectivity index (χ1v) is 3.97. The molecule has 1 nitrogen and oxygen atoms in total. The summed E-state index contributed by atoms with van der Waals surface area (Å²) in [5.74, 6) is 0.973. The molecule has 60 valence electrons. The largest absolute Gasteiger partial charge is 0.468 e. The Balaban J connectivity index is 2.57. The minimum atomic E-state index is 0.973. The molecule has 12 heavy (non-hydrogen) atoms. The van der Waals surface area contributed by atoms with Crippen LogP contribution in [0.2, 0.25) is 0 Å². The van der Waals surface area contributed by atoms with Crippen LogP contribution in [0.25, 0.3) is 12.2 Å². The van der Waals surface area contributed by atoms with E-state index < -0.39 is 0 Å². The van der Waals surface area contributed by atoms with Crippen molar-refractivity contribution >= 4 is 12.2 Å². The SMILES string of the molecule is Cc1occ2c1C=CC=CC=C2. The van der Waals surface area contributed by atoms with Gasteiger partial charge in [-0.2, -0.15) is 0 Å². The number of furan rings is 1. The second-order valence-corrected chi connectivity index (χ2v) is 2.76. The van der Waals surface area contributed by atoms with E-state index >= 15 is 0 Å². The Morgan fingerprint density at radius 3 is 2.58 bits per heavy atom. The summed E-state index contributed by atoms with van der Waals surface area (Å²) < 4.78 is 5.30. The van der Waals surface area contributed by atoms with Crippen molar-refractivity contribution in [1.82, 2.24) is 0 Å². The lowest BCUT2D eigenvalue weighted by molar-refractivity contribution is 0.533. The fourth-order valence-electron chi connectivity index (χ4n) is 1.26. The van der Waals surface area contributed by atoms with Gasteiger partial charge in [0.05, 0.1) is 6.26 Å². The topological polar surface area (TPSA) is 13.1 Å². The summed E-state index contributed by atoms with van der Waals surface area (Å²) in [4.78, 5) is 0. The van der Waals surface area contributed by atoms with Gasteiger partial charge in [0.1, 0.15) is 5.76 Å². The smallest absolute Gasteiger partial charge is 0.108 e. The summed E-state index contributed by atoms with van der Waals surface area (Å²) in [5.41, 5.74) is 2.32. The summed E-state index contributed by atoms with van der Waals surface area (Å²) in [6, 6.07) is 0. The molecule has 0 spiro atoms. The van der Waals surface area contributed by atoms with E-state index in [1.165, 1.54) is 5.56 Å². The number of hydrogen-bond donors (Lipinski definition) is 0. The van der Waals surface area contributed by atoms with Crippen LogP contribution < -0.4 is 0 Å². The third-order valence-corrected chi connectivity index (χ3v) is 1.92. The van der Waals surface area contributed by atoms with Crippen LogP contribution in [0.15, 0.2) is 35.0 Å². The van der Waals surface area contributed by atoms with Crippen molar-refractivity contribution in [3.05, 3.63) is 47.5 Å². The van der Waals surface area contributed by atoms with Crippen molar-refractivity contribution in [2.45, 2.75) is 6.92 Å². The Bertz CT molecular complexity index is 364. The molecule has 0 atom stereocenters. The third kappa shape index (κ3) is 1.14. The highest BCUT2D eigenvalue weighted by Crippen LogP contribution is 2.20.